The average molecular weight is 480 g/mol. The highest BCUT2D eigenvalue weighted by atomic mass is 32.2. The second-order valence-electron chi connectivity index (χ2n) is 8.34. The van der Waals surface area contributed by atoms with E-state index in [9.17, 15) is 4.79 Å². The summed E-state index contributed by atoms with van der Waals surface area (Å²) in [6, 6.07) is 13.4. The van der Waals surface area contributed by atoms with E-state index < -0.39 is 0 Å². The summed E-state index contributed by atoms with van der Waals surface area (Å²) in [4.78, 5) is 24.6. The molecule has 0 saturated carbocycles. The van der Waals surface area contributed by atoms with Crippen LogP contribution in [0.5, 0.6) is 11.5 Å². The molecule has 34 heavy (non-hydrogen) atoms. The van der Waals surface area contributed by atoms with Gasteiger partial charge in [-0.15, -0.1) is 11.8 Å². The van der Waals surface area contributed by atoms with Gasteiger partial charge in [-0.05, 0) is 62.5 Å². The Labute approximate surface area is 203 Å². The molecule has 1 aliphatic heterocycles. The molecule has 0 radical (unpaired) electrons. The van der Waals surface area contributed by atoms with E-state index >= 15 is 0 Å². The molecule has 178 valence electrons. The van der Waals surface area contributed by atoms with E-state index in [1.165, 1.54) is 0 Å². The van der Waals surface area contributed by atoms with E-state index in [4.69, 9.17) is 15.2 Å². The molecule has 0 aliphatic carbocycles. The number of methoxy groups -OCH3 is 1. The number of benzene rings is 2. The van der Waals surface area contributed by atoms with Crippen molar-refractivity contribution in [2.75, 3.05) is 51.2 Å². The molecular weight excluding hydrogens is 450 g/mol. The van der Waals surface area contributed by atoms with Crippen molar-refractivity contribution in [3.8, 4) is 22.8 Å². The SMILES string of the molecule is COc1ccc2c(c1)CC(C(=O)Nc1ccc(-c3ccnc(N)n3)cc1SCCN(C)C)CO2. The fourth-order valence-corrected chi connectivity index (χ4v) is 4.84. The van der Waals surface area contributed by atoms with Crippen molar-refractivity contribution in [2.45, 2.75) is 11.3 Å². The first-order valence-corrected chi connectivity index (χ1v) is 12.0. The molecule has 1 amide bonds. The molecule has 1 unspecified atom stereocenters. The lowest BCUT2D eigenvalue weighted by Crippen LogP contribution is -2.32. The number of carbonyl (C=O) groups excluding carboxylic acids is 1. The van der Waals surface area contributed by atoms with Gasteiger partial charge in [-0.2, -0.15) is 0 Å². The van der Waals surface area contributed by atoms with Crippen LogP contribution >= 0.6 is 11.8 Å². The molecule has 8 nitrogen and oxygen atoms in total. The number of amides is 1. The molecule has 0 fully saturated rings. The minimum atomic E-state index is -0.291. The maximum absolute atomic E-state index is 13.2. The summed E-state index contributed by atoms with van der Waals surface area (Å²) < 4.78 is 11.2. The predicted octanol–water partition coefficient (Wildman–Crippen LogP) is 3.58. The minimum absolute atomic E-state index is 0.0676. The van der Waals surface area contributed by atoms with Crippen molar-refractivity contribution in [2.24, 2.45) is 5.92 Å². The summed E-state index contributed by atoms with van der Waals surface area (Å²) >= 11 is 1.69. The van der Waals surface area contributed by atoms with Gasteiger partial charge in [0.25, 0.3) is 0 Å². The Morgan fingerprint density at radius 2 is 2.12 bits per heavy atom. The standard InChI is InChI=1S/C25H29N5O3S/c1-30(2)10-11-34-23-14-16(20-8-9-27-25(26)29-20)4-6-21(23)28-24(31)18-12-17-13-19(32-3)5-7-22(17)33-15-18/h4-9,13-14,18H,10-12,15H2,1-3H3,(H,28,31)(H2,26,27,29). The molecule has 1 aliphatic rings. The first kappa shape index (κ1) is 23.8. The first-order chi connectivity index (χ1) is 16.4. The summed E-state index contributed by atoms with van der Waals surface area (Å²) in [5, 5.41) is 3.13. The van der Waals surface area contributed by atoms with Gasteiger partial charge in [0.1, 0.15) is 18.1 Å². The number of hydrogen-bond donors (Lipinski definition) is 2. The lowest BCUT2D eigenvalue weighted by atomic mass is 9.95. The number of aromatic nitrogens is 2. The van der Waals surface area contributed by atoms with Crippen LogP contribution in [-0.4, -0.2) is 60.9 Å². The summed E-state index contributed by atoms with van der Waals surface area (Å²) in [6.45, 7) is 1.25. The highest BCUT2D eigenvalue weighted by molar-refractivity contribution is 7.99. The quantitative estimate of drug-likeness (QED) is 0.473. The second kappa shape index (κ2) is 10.8. The molecule has 3 N–H and O–H groups in total. The van der Waals surface area contributed by atoms with Crippen LogP contribution in [0.25, 0.3) is 11.3 Å². The summed E-state index contributed by atoms with van der Waals surface area (Å²) in [6.07, 6.45) is 2.24. The van der Waals surface area contributed by atoms with Crippen molar-refractivity contribution in [1.82, 2.24) is 14.9 Å². The van der Waals surface area contributed by atoms with E-state index in [1.54, 1.807) is 25.1 Å². The zero-order chi connectivity index (χ0) is 24.1. The summed E-state index contributed by atoms with van der Waals surface area (Å²) in [5.74, 6) is 2.31. The number of hydrogen-bond acceptors (Lipinski definition) is 8. The maximum Gasteiger partial charge on any atom is 0.231 e. The zero-order valence-corrected chi connectivity index (χ0v) is 20.4. The number of thioether (sulfide) groups is 1. The first-order valence-electron chi connectivity index (χ1n) is 11.0. The number of carbonyl (C=O) groups is 1. The zero-order valence-electron chi connectivity index (χ0n) is 19.6. The van der Waals surface area contributed by atoms with E-state index in [2.05, 4.69) is 20.2 Å². The van der Waals surface area contributed by atoms with Gasteiger partial charge in [0.05, 0.1) is 24.4 Å². The van der Waals surface area contributed by atoms with Crippen LogP contribution in [0.15, 0.2) is 53.6 Å². The Morgan fingerprint density at radius 3 is 2.88 bits per heavy atom. The van der Waals surface area contributed by atoms with Crippen molar-refractivity contribution in [1.29, 1.82) is 0 Å². The molecule has 0 saturated heterocycles. The normalized spacial score (nSPS) is 14.9. The number of ether oxygens (including phenoxy) is 2. The number of nitrogens with zero attached hydrogens (tertiary/aromatic N) is 3. The van der Waals surface area contributed by atoms with Gasteiger partial charge in [-0.25, -0.2) is 9.97 Å². The lowest BCUT2D eigenvalue weighted by molar-refractivity contribution is -0.121. The largest absolute Gasteiger partial charge is 0.497 e. The number of rotatable bonds is 8. The molecule has 2 heterocycles. The third-order valence-corrected chi connectivity index (χ3v) is 6.59. The van der Waals surface area contributed by atoms with Crippen molar-refractivity contribution in [3.63, 3.8) is 0 Å². The lowest BCUT2D eigenvalue weighted by Gasteiger charge is -2.25. The van der Waals surface area contributed by atoms with Gasteiger partial charge in [0.15, 0.2) is 0 Å². The molecule has 0 spiro atoms. The van der Waals surface area contributed by atoms with E-state index in [-0.39, 0.29) is 17.8 Å². The van der Waals surface area contributed by atoms with Crippen LogP contribution in [0.4, 0.5) is 11.6 Å². The molecule has 3 aromatic rings. The fourth-order valence-electron chi connectivity index (χ4n) is 3.68. The number of nitrogens with two attached hydrogens (primary N) is 1. The fraction of sp³-hybridized carbons (Fsp3) is 0.320. The monoisotopic (exact) mass is 479 g/mol. The van der Waals surface area contributed by atoms with Crippen LogP contribution in [0.1, 0.15) is 5.56 Å². The molecule has 1 atom stereocenters. The third kappa shape index (κ3) is 5.78. The molecule has 2 aromatic carbocycles. The van der Waals surface area contributed by atoms with Gasteiger partial charge in [-0.1, -0.05) is 6.07 Å². The molecular formula is C25H29N5O3S. The Morgan fingerprint density at radius 1 is 1.26 bits per heavy atom. The molecule has 9 heteroatoms. The van der Waals surface area contributed by atoms with E-state index in [0.717, 1.165) is 51.2 Å². The Kier molecular flexibility index (Phi) is 7.54. The van der Waals surface area contributed by atoms with E-state index in [1.807, 2.05) is 56.6 Å². The van der Waals surface area contributed by atoms with Crippen molar-refractivity contribution >= 4 is 29.3 Å². The number of nitrogens with one attached hydrogen (secondary N) is 1. The van der Waals surface area contributed by atoms with Gasteiger partial charge in [0.2, 0.25) is 11.9 Å². The number of anilines is 2. The summed E-state index contributed by atoms with van der Waals surface area (Å²) in [7, 11) is 5.71. The van der Waals surface area contributed by atoms with E-state index in [0.29, 0.717) is 13.0 Å². The maximum atomic E-state index is 13.2. The highest BCUT2D eigenvalue weighted by Crippen LogP contribution is 2.34. The number of fused-ring (bicyclic) bond motifs is 1. The Bertz CT molecular complexity index is 1170. The minimum Gasteiger partial charge on any atom is -0.497 e. The smallest absolute Gasteiger partial charge is 0.231 e. The predicted molar refractivity (Wildman–Crippen MR) is 135 cm³/mol. The molecule has 1 aromatic heterocycles. The second-order valence-corrected chi connectivity index (χ2v) is 9.47. The topological polar surface area (TPSA) is 103 Å². The highest BCUT2D eigenvalue weighted by Gasteiger charge is 2.27. The van der Waals surface area contributed by atoms with Gasteiger partial charge in [0, 0.05) is 29.0 Å². The Hall–Kier alpha value is -3.30. The molecule has 0 bridgehead atoms. The van der Waals surface area contributed by atoms with Crippen molar-refractivity contribution < 1.29 is 14.3 Å². The Balaban J connectivity index is 1.54. The van der Waals surface area contributed by atoms with Crippen LogP contribution in [0.2, 0.25) is 0 Å². The van der Waals surface area contributed by atoms with Crippen molar-refractivity contribution in [3.05, 3.63) is 54.2 Å². The van der Waals surface area contributed by atoms with Crippen LogP contribution in [0, 0.1) is 5.92 Å². The van der Waals surface area contributed by atoms with Crippen LogP contribution in [-0.2, 0) is 11.2 Å². The van der Waals surface area contributed by atoms with Crippen LogP contribution < -0.4 is 20.5 Å². The average Bonchev–Trinajstić information content (AvgIpc) is 2.84. The van der Waals surface area contributed by atoms with Gasteiger partial charge < -0.3 is 25.4 Å². The number of nitrogen functional groups attached to an aromatic ring is 1. The summed E-state index contributed by atoms with van der Waals surface area (Å²) in [5.41, 5.74) is 9.18. The third-order valence-electron chi connectivity index (χ3n) is 5.55. The van der Waals surface area contributed by atoms with Crippen LogP contribution in [0.3, 0.4) is 0 Å². The van der Waals surface area contributed by atoms with Gasteiger partial charge in [-0.3, -0.25) is 4.79 Å². The van der Waals surface area contributed by atoms with Gasteiger partial charge >= 0.3 is 0 Å². The molecule has 4 rings (SSSR count).